The Labute approximate surface area is 205 Å². The molecule has 10 heteroatoms. The largest absolute Gasteiger partial charge is 0.497 e. The van der Waals surface area contributed by atoms with Gasteiger partial charge in [0.1, 0.15) is 24.0 Å². The van der Waals surface area contributed by atoms with Gasteiger partial charge in [0.25, 0.3) is 0 Å². The molecule has 1 aliphatic heterocycles. The van der Waals surface area contributed by atoms with E-state index in [1.807, 2.05) is 24.3 Å². The number of rotatable bonds is 6. The molecule has 0 bridgehead atoms. The van der Waals surface area contributed by atoms with Crippen LogP contribution >= 0.6 is 36.4 Å². The lowest BCUT2D eigenvalue weighted by atomic mass is 10.1. The average Bonchev–Trinajstić information content (AvgIpc) is 2.77. The first kappa shape index (κ1) is 26.1. The second-order valence-electron chi connectivity index (χ2n) is 7.30. The van der Waals surface area contributed by atoms with E-state index in [-0.39, 0.29) is 30.9 Å². The lowest BCUT2D eigenvalue weighted by molar-refractivity contribution is 0.112. The molecule has 0 radical (unpaired) electrons. The number of ether oxygens (including phenoxy) is 3. The summed E-state index contributed by atoms with van der Waals surface area (Å²) in [5.74, 6) is 2.58. The zero-order chi connectivity index (χ0) is 21.1. The first-order valence-corrected chi connectivity index (χ1v) is 10.2. The van der Waals surface area contributed by atoms with Crippen molar-refractivity contribution in [1.82, 2.24) is 14.9 Å². The number of nitrogens with one attached hydrogen (secondary N) is 1. The van der Waals surface area contributed by atoms with Crippen LogP contribution in [0.2, 0.25) is 5.02 Å². The third-order valence-corrected chi connectivity index (χ3v) is 5.65. The summed E-state index contributed by atoms with van der Waals surface area (Å²) in [5, 5.41) is 4.64. The highest BCUT2D eigenvalue weighted by Crippen LogP contribution is 2.41. The van der Waals surface area contributed by atoms with Crippen molar-refractivity contribution in [3.8, 4) is 17.2 Å². The molecule has 7 nitrogen and oxygen atoms in total. The zero-order valence-corrected chi connectivity index (χ0v) is 20.5. The number of methoxy groups -OCH3 is 2. The Kier molecular flexibility index (Phi) is 9.46. The van der Waals surface area contributed by atoms with Gasteiger partial charge in [-0.1, -0.05) is 11.6 Å². The van der Waals surface area contributed by atoms with E-state index in [1.165, 1.54) is 6.33 Å². The maximum Gasteiger partial charge on any atom is 0.174 e. The van der Waals surface area contributed by atoms with Gasteiger partial charge in [0, 0.05) is 19.2 Å². The minimum Gasteiger partial charge on any atom is -0.497 e. The first-order valence-electron chi connectivity index (χ1n) is 9.86. The van der Waals surface area contributed by atoms with Crippen LogP contribution in [-0.2, 0) is 0 Å². The van der Waals surface area contributed by atoms with Crippen molar-refractivity contribution >= 4 is 58.8 Å². The molecule has 2 heterocycles. The van der Waals surface area contributed by atoms with Gasteiger partial charge in [-0.25, -0.2) is 9.97 Å². The van der Waals surface area contributed by atoms with Crippen LogP contribution in [0.3, 0.4) is 0 Å². The van der Waals surface area contributed by atoms with E-state index in [1.54, 1.807) is 20.3 Å². The van der Waals surface area contributed by atoms with E-state index < -0.39 is 0 Å². The summed E-state index contributed by atoms with van der Waals surface area (Å²) in [6.45, 7) is 2.00. The Morgan fingerprint density at radius 2 is 1.78 bits per heavy atom. The Morgan fingerprint density at radius 3 is 2.47 bits per heavy atom. The number of hydrogen-bond acceptors (Lipinski definition) is 7. The van der Waals surface area contributed by atoms with Gasteiger partial charge < -0.3 is 24.4 Å². The van der Waals surface area contributed by atoms with E-state index in [0.29, 0.717) is 33.8 Å². The molecule has 0 atom stereocenters. The van der Waals surface area contributed by atoms with Crippen molar-refractivity contribution in [1.29, 1.82) is 0 Å². The van der Waals surface area contributed by atoms with Crippen LogP contribution in [0.1, 0.15) is 12.8 Å². The van der Waals surface area contributed by atoms with E-state index in [4.69, 9.17) is 25.8 Å². The van der Waals surface area contributed by atoms with Gasteiger partial charge in [-0.15, -0.1) is 24.8 Å². The van der Waals surface area contributed by atoms with E-state index >= 15 is 0 Å². The Morgan fingerprint density at radius 1 is 1.03 bits per heavy atom. The van der Waals surface area contributed by atoms with E-state index in [9.17, 15) is 0 Å². The smallest absolute Gasteiger partial charge is 0.174 e. The molecule has 1 aromatic heterocycles. The number of halogens is 3. The number of likely N-dealkylation sites (tertiary alicyclic amines) is 1. The maximum absolute atomic E-state index is 6.46. The number of fused-ring (bicyclic) bond motifs is 1. The van der Waals surface area contributed by atoms with Gasteiger partial charge in [0.05, 0.1) is 35.8 Å². The normalized spacial score (nSPS) is 14.2. The van der Waals surface area contributed by atoms with Crippen LogP contribution in [-0.4, -0.2) is 55.3 Å². The highest BCUT2D eigenvalue weighted by molar-refractivity contribution is 6.33. The molecule has 2 aromatic carbocycles. The first-order chi connectivity index (χ1) is 14.6. The zero-order valence-electron chi connectivity index (χ0n) is 18.1. The molecular weight excluding hydrogens is 475 g/mol. The number of hydrogen-bond donors (Lipinski definition) is 1. The van der Waals surface area contributed by atoms with Gasteiger partial charge in [-0.05, 0) is 44.2 Å². The van der Waals surface area contributed by atoms with Crippen LogP contribution in [0.5, 0.6) is 17.2 Å². The quantitative estimate of drug-likeness (QED) is 0.487. The fraction of sp³-hybridized carbons (Fsp3) is 0.364. The molecule has 0 spiro atoms. The second kappa shape index (κ2) is 11.6. The molecule has 3 aromatic rings. The van der Waals surface area contributed by atoms with Gasteiger partial charge >= 0.3 is 0 Å². The number of benzene rings is 2. The van der Waals surface area contributed by atoms with Gasteiger partial charge in [-0.3, -0.25) is 0 Å². The summed E-state index contributed by atoms with van der Waals surface area (Å²) in [6.07, 6.45) is 3.53. The molecule has 32 heavy (non-hydrogen) atoms. The van der Waals surface area contributed by atoms with Gasteiger partial charge in [-0.2, -0.15) is 0 Å². The molecule has 4 rings (SSSR count). The van der Waals surface area contributed by atoms with Crippen molar-refractivity contribution < 1.29 is 14.2 Å². The second-order valence-corrected chi connectivity index (χ2v) is 7.71. The highest BCUT2D eigenvalue weighted by Gasteiger charge is 2.23. The monoisotopic (exact) mass is 500 g/mol. The molecule has 1 fully saturated rings. The van der Waals surface area contributed by atoms with Crippen molar-refractivity contribution in [3.05, 3.63) is 41.7 Å². The number of aromatic nitrogens is 2. The third kappa shape index (κ3) is 5.59. The topological polar surface area (TPSA) is 68.7 Å². The van der Waals surface area contributed by atoms with Crippen molar-refractivity contribution in [2.24, 2.45) is 0 Å². The molecule has 0 amide bonds. The Balaban J connectivity index is 0.00000181. The lowest BCUT2D eigenvalue weighted by Gasteiger charge is -2.30. The number of piperidine rings is 1. The van der Waals surface area contributed by atoms with Crippen LogP contribution in [0.15, 0.2) is 36.7 Å². The fourth-order valence-electron chi connectivity index (χ4n) is 3.60. The standard InChI is InChI=1S/C22H25ClN4O3.2ClH/c1-27-10-8-14(9-11-27)30-21-19(29-3)7-6-17-20(21)22(25-13-24-17)26-18-12-15(28-2)4-5-16(18)23;;/h4-7,12-14H,8-11H2,1-3H3,(H,24,25,26);2*1H. The van der Waals surface area contributed by atoms with Gasteiger partial charge in [0.2, 0.25) is 0 Å². The predicted molar refractivity (Wildman–Crippen MR) is 133 cm³/mol. The molecular formula is C22H27Cl3N4O3. The summed E-state index contributed by atoms with van der Waals surface area (Å²) in [7, 11) is 5.38. The molecule has 174 valence electrons. The summed E-state index contributed by atoms with van der Waals surface area (Å²) in [4.78, 5) is 11.2. The van der Waals surface area contributed by atoms with Crippen molar-refractivity contribution in [3.63, 3.8) is 0 Å². The minimum atomic E-state index is 0. The Bertz CT molecular complexity index is 1050. The maximum atomic E-state index is 6.46. The van der Waals surface area contributed by atoms with Crippen molar-refractivity contribution in [2.75, 3.05) is 39.7 Å². The summed E-state index contributed by atoms with van der Waals surface area (Å²) in [6, 6.07) is 9.19. The molecule has 1 aliphatic rings. The predicted octanol–water partition coefficient (Wildman–Crippen LogP) is 5.36. The lowest BCUT2D eigenvalue weighted by Crippen LogP contribution is -2.35. The Hall–Kier alpha value is -2.19. The average molecular weight is 502 g/mol. The number of anilines is 2. The molecule has 0 saturated carbocycles. The summed E-state index contributed by atoms with van der Waals surface area (Å²) >= 11 is 6.40. The van der Waals surface area contributed by atoms with Crippen LogP contribution in [0.25, 0.3) is 10.9 Å². The fourth-order valence-corrected chi connectivity index (χ4v) is 3.76. The summed E-state index contributed by atoms with van der Waals surface area (Å²) < 4.78 is 17.4. The summed E-state index contributed by atoms with van der Waals surface area (Å²) in [5.41, 5.74) is 1.44. The molecule has 0 aliphatic carbocycles. The number of nitrogens with zero attached hydrogens (tertiary/aromatic N) is 3. The van der Waals surface area contributed by atoms with E-state index in [2.05, 4.69) is 27.2 Å². The van der Waals surface area contributed by atoms with Crippen LogP contribution in [0, 0.1) is 0 Å². The van der Waals surface area contributed by atoms with E-state index in [0.717, 1.165) is 36.8 Å². The van der Waals surface area contributed by atoms with Gasteiger partial charge in [0.15, 0.2) is 11.5 Å². The highest BCUT2D eigenvalue weighted by atomic mass is 35.5. The molecule has 1 N–H and O–H groups in total. The van der Waals surface area contributed by atoms with Crippen molar-refractivity contribution in [2.45, 2.75) is 18.9 Å². The minimum absolute atomic E-state index is 0. The molecule has 0 unspecified atom stereocenters. The van der Waals surface area contributed by atoms with Crippen LogP contribution in [0.4, 0.5) is 11.5 Å². The van der Waals surface area contributed by atoms with Crippen LogP contribution < -0.4 is 19.5 Å². The molecule has 1 saturated heterocycles. The SMILES string of the molecule is COc1ccc(Cl)c(Nc2ncnc3ccc(OC)c(OC4CCN(C)CC4)c23)c1.Cl.Cl. The third-order valence-electron chi connectivity index (χ3n) is 5.32.